The lowest BCUT2D eigenvalue weighted by molar-refractivity contribution is -0.122. The van der Waals surface area contributed by atoms with Crippen LogP contribution in [0.1, 0.15) is 25.7 Å². The van der Waals surface area contributed by atoms with Crippen LogP contribution in [0, 0.1) is 0 Å². The van der Waals surface area contributed by atoms with E-state index < -0.39 is 0 Å². The van der Waals surface area contributed by atoms with Crippen LogP contribution in [-0.2, 0) is 9.53 Å². The maximum Gasteiger partial charge on any atom is 0.222 e. The maximum atomic E-state index is 11.3. The quantitative estimate of drug-likeness (QED) is 0.499. The van der Waals surface area contributed by atoms with Crippen LogP contribution in [0.4, 0.5) is 0 Å². The van der Waals surface area contributed by atoms with Crippen molar-refractivity contribution in [2.75, 3.05) is 26.2 Å². The molecular weight excluding hydrogens is 204 g/mol. The monoisotopic (exact) mass is 226 g/mol. The fraction of sp³-hybridized carbons (Fsp3) is 0.750. The minimum atomic E-state index is 0.0655. The molecular formula is C12H22N2O2. The van der Waals surface area contributed by atoms with Gasteiger partial charge in [-0.15, -0.1) is 6.58 Å². The van der Waals surface area contributed by atoms with Crippen LogP contribution in [0.3, 0.4) is 0 Å². The molecule has 16 heavy (non-hydrogen) atoms. The molecule has 2 N–H and O–H groups in total. The first kappa shape index (κ1) is 13.2. The van der Waals surface area contributed by atoms with Crippen molar-refractivity contribution in [3.63, 3.8) is 0 Å². The number of hydrogen-bond acceptors (Lipinski definition) is 3. The van der Waals surface area contributed by atoms with E-state index in [-0.39, 0.29) is 5.91 Å². The predicted octanol–water partition coefficient (Wildman–Crippen LogP) is 0.837. The van der Waals surface area contributed by atoms with E-state index in [9.17, 15) is 4.79 Å². The van der Waals surface area contributed by atoms with Gasteiger partial charge in [0.15, 0.2) is 0 Å². The number of ether oxygens (including phenoxy) is 1. The Balaban J connectivity index is 1.96. The number of amides is 1. The van der Waals surface area contributed by atoms with E-state index in [0.717, 1.165) is 32.4 Å². The minimum Gasteiger partial charge on any atom is -0.378 e. The molecule has 1 saturated heterocycles. The molecule has 0 unspecified atom stereocenters. The van der Waals surface area contributed by atoms with Gasteiger partial charge in [-0.1, -0.05) is 6.08 Å². The summed E-state index contributed by atoms with van der Waals surface area (Å²) in [6.45, 7) is 6.86. The smallest absolute Gasteiger partial charge is 0.222 e. The second kappa shape index (κ2) is 8.30. The van der Waals surface area contributed by atoms with Gasteiger partial charge in [0, 0.05) is 13.0 Å². The van der Waals surface area contributed by atoms with Gasteiger partial charge in [-0.2, -0.15) is 0 Å². The highest BCUT2D eigenvalue weighted by Gasteiger charge is 2.13. The van der Waals surface area contributed by atoms with Crippen LogP contribution >= 0.6 is 0 Å². The second-order valence-electron chi connectivity index (χ2n) is 4.00. The Morgan fingerprint density at radius 2 is 2.25 bits per heavy atom. The van der Waals surface area contributed by atoms with Gasteiger partial charge < -0.3 is 15.4 Å². The first-order chi connectivity index (χ1) is 7.83. The fourth-order valence-corrected chi connectivity index (χ4v) is 1.68. The van der Waals surface area contributed by atoms with Crippen LogP contribution in [0.15, 0.2) is 12.7 Å². The van der Waals surface area contributed by atoms with E-state index in [1.807, 2.05) is 0 Å². The lowest BCUT2D eigenvalue weighted by Gasteiger charge is -2.22. The molecule has 0 aromatic heterocycles. The molecule has 1 rings (SSSR count). The molecule has 1 aliphatic heterocycles. The molecule has 0 bridgehead atoms. The van der Waals surface area contributed by atoms with Crippen molar-refractivity contribution in [1.82, 2.24) is 10.6 Å². The minimum absolute atomic E-state index is 0.0655. The van der Waals surface area contributed by atoms with Gasteiger partial charge in [0.25, 0.3) is 0 Å². The number of carbonyl (C=O) groups excluding carboxylic acids is 1. The Morgan fingerprint density at radius 1 is 1.50 bits per heavy atom. The van der Waals surface area contributed by atoms with E-state index in [1.54, 1.807) is 6.08 Å². The summed E-state index contributed by atoms with van der Waals surface area (Å²) in [6.07, 6.45) is 5.52. The average molecular weight is 226 g/mol. The molecule has 4 nitrogen and oxygen atoms in total. The molecule has 92 valence electrons. The van der Waals surface area contributed by atoms with Crippen LogP contribution < -0.4 is 10.6 Å². The first-order valence-corrected chi connectivity index (χ1v) is 6.03. The van der Waals surface area contributed by atoms with Crippen molar-refractivity contribution in [3.05, 3.63) is 12.7 Å². The zero-order chi connectivity index (χ0) is 11.6. The van der Waals surface area contributed by atoms with E-state index in [4.69, 9.17) is 4.74 Å². The van der Waals surface area contributed by atoms with Crippen molar-refractivity contribution < 1.29 is 9.53 Å². The van der Waals surface area contributed by atoms with Crippen molar-refractivity contribution in [2.24, 2.45) is 0 Å². The summed E-state index contributed by atoms with van der Waals surface area (Å²) in [5.74, 6) is 0.0655. The molecule has 0 aromatic carbocycles. The summed E-state index contributed by atoms with van der Waals surface area (Å²) in [5.41, 5.74) is 0. The van der Waals surface area contributed by atoms with Crippen molar-refractivity contribution >= 4 is 5.91 Å². The zero-order valence-corrected chi connectivity index (χ0v) is 9.84. The van der Waals surface area contributed by atoms with Gasteiger partial charge in [-0.25, -0.2) is 0 Å². The van der Waals surface area contributed by atoms with Gasteiger partial charge >= 0.3 is 0 Å². The fourth-order valence-electron chi connectivity index (χ4n) is 1.68. The highest BCUT2D eigenvalue weighted by molar-refractivity contribution is 5.75. The highest BCUT2D eigenvalue weighted by Crippen LogP contribution is 2.07. The Morgan fingerprint density at radius 3 is 2.94 bits per heavy atom. The number of hydrogen-bond donors (Lipinski definition) is 2. The summed E-state index contributed by atoms with van der Waals surface area (Å²) in [6, 6.07) is 0. The number of nitrogens with one attached hydrogen (secondary N) is 2. The number of piperidine rings is 1. The van der Waals surface area contributed by atoms with Crippen LogP contribution in [0.25, 0.3) is 0 Å². The summed E-state index contributed by atoms with van der Waals surface area (Å²) >= 11 is 0. The lowest BCUT2D eigenvalue weighted by atomic mass is 10.1. The number of rotatable bonds is 7. The third-order valence-electron chi connectivity index (χ3n) is 2.64. The second-order valence-corrected chi connectivity index (χ2v) is 4.00. The predicted molar refractivity (Wildman–Crippen MR) is 64.3 cm³/mol. The molecule has 0 aliphatic carbocycles. The lowest BCUT2D eigenvalue weighted by Crippen LogP contribution is -2.33. The molecule has 0 saturated carbocycles. The molecule has 0 aromatic rings. The van der Waals surface area contributed by atoms with E-state index in [0.29, 0.717) is 25.7 Å². The van der Waals surface area contributed by atoms with Crippen molar-refractivity contribution in [2.45, 2.75) is 31.8 Å². The van der Waals surface area contributed by atoms with E-state index in [1.165, 1.54) is 0 Å². The number of carbonyl (C=O) groups is 1. The molecule has 0 atom stereocenters. The van der Waals surface area contributed by atoms with Crippen LogP contribution in [0.2, 0.25) is 0 Å². The normalized spacial score (nSPS) is 17.0. The third kappa shape index (κ3) is 5.88. The Hall–Kier alpha value is -0.870. The van der Waals surface area contributed by atoms with Crippen LogP contribution in [0.5, 0.6) is 0 Å². The summed E-state index contributed by atoms with van der Waals surface area (Å²) < 4.78 is 5.64. The molecule has 0 radical (unpaired) electrons. The largest absolute Gasteiger partial charge is 0.378 e. The van der Waals surface area contributed by atoms with Gasteiger partial charge in [-0.3, -0.25) is 4.79 Å². The molecule has 1 heterocycles. The topological polar surface area (TPSA) is 50.4 Å². The molecule has 0 spiro atoms. The van der Waals surface area contributed by atoms with Crippen LogP contribution in [-0.4, -0.2) is 38.3 Å². The Labute approximate surface area is 97.4 Å². The van der Waals surface area contributed by atoms with Crippen molar-refractivity contribution in [3.8, 4) is 0 Å². The third-order valence-corrected chi connectivity index (χ3v) is 2.64. The zero-order valence-electron chi connectivity index (χ0n) is 9.84. The van der Waals surface area contributed by atoms with Crippen molar-refractivity contribution in [1.29, 1.82) is 0 Å². The van der Waals surface area contributed by atoms with E-state index >= 15 is 0 Å². The standard InChI is InChI=1S/C12H22N2O2/c1-2-3-7-14-12(15)6-10-16-11-4-8-13-9-5-11/h2,11,13H,1,3-10H2,(H,14,15). The SMILES string of the molecule is C=CCCNC(=O)CCOC1CCNCC1. The average Bonchev–Trinajstić information content (AvgIpc) is 2.31. The molecule has 4 heteroatoms. The maximum absolute atomic E-state index is 11.3. The Bertz CT molecular complexity index is 213. The summed E-state index contributed by atoms with van der Waals surface area (Å²) in [4.78, 5) is 11.3. The summed E-state index contributed by atoms with van der Waals surface area (Å²) in [7, 11) is 0. The first-order valence-electron chi connectivity index (χ1n) is 6.03. The molecule has 1 fully saturated rings. The van der Waals surface area contributed by atoms with E-state index in [2.05, 4.69) is 17.2 Å². The van der Waals surface area contributed by atoms with Gasteiger partial charge in [0.2, 0.25) is 5.91 Å². The molecule has 1 aliphatic rings. The summed E-state index contributed by atoms with van der Waals surface area (Å²) in [5, 5.41) is 6.10. The van der Waals surface area contributed by atoms with Gasteiger partial charge in [0.1, 0.15) is 0 Å². The van der Waals surface area contributed by atoms with Gasteiger partial charge in [0.05, 0.1) is 12.7 Å². The Kier molecular flexibility index (Phi) is 6.85. The van der Waals surface area contributed by atoms with Gasteiger partial charge in [-0.05, 0) is 32.4 Å². The highest BCUT2D eigenvalue weighted by atomic mass is 16.5. The molecule has 1 amide bonds.